The Morgan fingerprint density at radius 3 is 2.75 bits per heavy atom. The number of anilines is 3. The van der Waals surface area contributed by atoms with Crippen molar-refractivity contribution in [1.29, 1.82) is 0 Å². The average molecular weight is 400 g/mol. The Hall–Kier alpha value is -3.32. The minimum atomic E-state index is -0.539. The summed E-state index contributed by atoms with van der Waals surface area (Å²) >= 11 is 0. The van der Waals surface area contributed by atoms with E-state index in [1.807, 2.05) is 31.4 Å². The van der Waals surface area contributed by atoms with Crippen molar-refractivity contribution in [3.63, 3.8) is 0 Å². The number of halogens is 2. The van der Waals surface area contributed by atoms with Gasteiger partial charge in [0.15, 0.2) is 0 Å². The van der Waals surface area contributed by atoms with E-state index in [0.29, 0.717) is 17.4 Å². The zero-order valence-electron chi connectivity index (χ0n) is 15.3. The fraction of sp³-hybridized carbons (Fsp3) is 0.100. The molecule has 2 heterocycles. The van der Waals surface area contributed by atoms with Gasteiger partial charge < -0.3 is 20.4 Å². The number of hydrogen-bond donors (Lipinski definition) is 2. The number of fused-ring (bicyclic) bond motifs is 1. The SMILES string of the molecule is COc1cc(F)c(N)cc1Nc1nccc(-c2cn(C)c3ccccc23)n1.Cl. The number of para-hydroxylation sites is 1. The van der Waals surface area contributed by atoms with E-state index < -0.39 is 5.82 Å². The first kappa shape index (κ1) is 19.4. The van der Waals surface area contributed by atoms with E-state index in [2.05, 4.69) is 32.0 Å². The Labute approximate surface area is 167 Å². The van der Waals surface area contributed by atoms with Crippen LogP contribution in [0.3, 0.4) is 0 Å². The number of aromatic nitrogens is 3. The zero-order valence-corrected chi connectivity index (χ0v) is 16.1. The Balaban J connectivity index is 0.00000225. The first-order valence-electron chi connectivity index (χ1n) is 8.34. The van der Waals surface area contributed by atoms with Gasteiger partial charge in [-0.05, 0) is 18.2 Å². The van der Waals surface area contributed by atoms with Crippen LogP contribution in [0.25, 0.3) is 22.2 Å². The van der Waals surface area contributed by atoms with E-state index in [-0.39, 0.29) is 18.1 Å². The topological polar surface area (TPSA) is 78.0 Å². The van der Waals surface area contributed by atoms with Crippen LogP contribution in [0.15, 0.2) is 54.9 Å². The molecule has 0 aliphatic carbocycles. The van der Waals surface area contributed by atoms with Crippen LogP contribution in [0.2, 0.25) is 0 Å². The highest BCUT2D eigenvalue weighted by atomic mass is 35.5. The maximum atomic E-state index is 13.7. The summed E-state index contributed by atoms with van der Waals surface area (Å²) < 4.78 is 20.9. The van der Waals surface area contributed by atoms with Crippen molar-refractivity contribution in [2.45, 2.75) is 0 Å². The summed E-state index contributed by atoms with van der Waals surface area (Å²) in [5, 5.41) is 4.16. The maximum Gasteiger partial charge on any atom is 0.227 e. The second kappa shape index (κ2) is 7.74. The predicted octanol–water partition coefficient (Wildman–Crippen LogP) is 4.53. The van der Waals surface area contributed by atoms with E-state index in [9.17, 15) is 4.39 Å². The van der Waals surface area contributed by atoms with Gasteiger partial charge in [-0.1, -0.05) is 18.2 Å². The quantitative estimate of drug-likeness (QED) is 0.493. The monoisotopic (exact) mass is 399 g/mol. The van der Waals surface area contributed by atoms with Gasteiger partial charge in [0.25, 0.3) is 0 Å². The van der Waals surface area contributed by atoms with E-state index in [1.165, 1.54) is 19.2 Å². The molecule has 0 unspecified atom stereocenters. The lowest BCUT2D eigenvalue weighted by Gasteiger charge is -2.12. The minimum Gasteiger partial charge on any atom is -0.494 e. The molecule has 0 spiro atoms. The lowest BCUT2D eigenvalue weighted by Crippen LogP contribution is -2.02. The number of nitrogens with one attached hydrogen (secondary N) is 1. The summed E-state index contributed by atoms with van der Waals surface area (Å²) in [6.45, 7) is 0. The smallest absolute Gasteiger partial charge is 0.227 e. The molecule has 0 amide bonds. The molecule has 0 aliphatic rings. The first-order valence-corrected chi connectivity index (χ1v) is 8.34. The number of benzene rings is 2. The molecule has 0 bridgehead atoms. The molecule has 0 saturated heterocycles. The molecule has 144 valence electrons. The van der Waals surface area contributed by atoms with Crippen LogP contribution in [0.1, 0.15) is 0 Å². The average Bonchev–Trinajstić information content (AvgIpc) is 3.02. The molecule has 8 heteroatoms. The molecule has 6 nitrogen and oxygen atoms in total. The summed E-state index contributed by atoms with van der Waals surface area (Å²) in [7, 11) is 3.46. The predicted molar refractivity (Wildman–Crippen MR) is 112 cm³/mol. The summed E-state index contributed by atoms with van der Waals surface area (Å²) in [5.74, 6) is 0.147. The number of methoxy groups -OCH3 is 1. The number of rotatable bonds is 4. The number of nitrogens with two attached hydrogens (primary N) is 1. The summed E-state index contributed by atoms with van der Waals surface area (Å²) in [4.78, 5) is 8.86. The van der Waals surface area contributed by atoms with Crippen molar-refractivity contribution in [3.8, 4) is 17.0 Å². The molecule has 0 aliphatic heterocycles. The molecule has 2 aromatic carbocycles. The van der Waals surface area contributed by atoms with Crippen molar-refractivity contribution in [3.05, 3.63) is 60.7 Å². The van der Waals surface area contributed by atoms with Crippen LogP contribution in [-0.2, 0) is 7.05 Å². The molecule has 0 atom stereocenters. The molecule has 0 radical (unpaired) electrons. The van der Waals surface area contributed by atoms with Gasteiger partial charge in [0, 0.05) is 42.0 Å². The van der Waals surface area contributed by atoms with Gasteiger partial charge in [-0.25, -0.2) is 14.4 Å². The normalized spacial score (nSPS) is 10.5. The highest BCUT2D eigenvalue weighted by Crippen LogP contribution is 2.32. The van der Waals surface area contributed by atoms with Gasteiger partial charge in [-0.15, -0.1) is 12.4 Å². The van der Waals surface area contributed by atoms with E-state index in [1.54, 1.807) is 6.20 Å². The molecule has 0 fully saturated rings. The van der Waals surface area contributed by atoms with Gasteiger partial charge in [0.2, 0.25) is 5.95 Å². The van der Waals surface area contributed by atoms with Crippen molar-refractivity contribution in [2.75, 3.05) is 18.2 Å². The lowest BCUT2D eigenvalue weighted by atomic mass is 10.1. The fourth-order valence-electron chi connectivity index (χ4n) is 3.07. The Bertz CT molecular complexity index is 1140. The van der Waals surface area contributed by atoms with E-state index >= 15 is 0 Å². The van der Waals surface area contributed by atoms with Crippen molar-refractivity contribution in [2.24, 2.45) is 7.05 Å². The van der Waals surface area contributed by atoms with Crippen molar-refractivity contribution < 1.29 is 9.13 Å². The third-order valence-corrected chi connectivity index (χ3v) is 4.39. The third-order valence-electron chi connectivity index (χ3n) is 4.39. The van der Waals surface area contributed by atoms with E-state index in [4.69, 9.17) is 10.5 Å². The summed E-state index contributed by atoms with van der Waals surface area (Å²) in [5.41, 5.74) is 9.08. The van der Waals surface area contributed by atoms with Gasteiger partial charge >= 0.3 is 0 Å². The number of aryl methyl sites for hydroxylation is 1. The maximum absolute atomic E-state index is 13.7. The van der Waals surface area contributed by atoms with Crippen LogP contribution in [0, 0.1) is 5.82 Å². The highest BCUT2D eigenvalue weighted by Gasteiger charge is 2.13. The number of hydrogen-bond acceptors (Lipinski definition) is 5. The van der Waals surface area contributed by atoms with Crippen LogP contribution in [0.4, 0.5) is 21.7 Å². The lowest BCUT2D eigenvalue weighted by molar-refractivity contribution is 0.413. The van der Waals surface area contributed by atoms with Crippen LogP contribution in [-0.4, -0.2) is 21.6 Å². The number of ether oxygens (including phenoxy) is 1. The van der Waals surface area contributed by atoms with Crippen LogP contribution < -0.4 is 15.8 Å². The minimum absolute atomic E-state index is 0. The molecular weight excluding hydrogens is 381 g/mol. The molecule has 4 rings (SSSR count). The van der Waals surface area contributed by atoms with Crippen molar-refractivity contribution >= 4 is 40.6 Å². The third kappa shape index (κ3) is 3.44. The van der Waals surface area contributed by atoms with Crippen molar-refractivity contribution in [1.82, 2.24) is 14.5 Å². The highest BCUT2D eigenvalue weighted by molar-refractivity contribution is 5.95. The second-order valence-electron chi connectivity index (χ2n) is 6.14. The van der Waals surface area contributed by atoms with Gasteiger partial charge in [0.1, 0.15) is 11.6 Å². The second-order valence-corrected chi connectivity index (χ2v) is 6.14. The molecule has 28 heavy (non-hydrogen) atoms. The molecule has 4 aromatic rings. The van der Waals surface area contributed by atoms with Crippen LogP contribution in [0.5, 0.6) is 5.75 Å². The Kier molecular flexibility index (Phi) is 5.37. The molecule has 3 N–H and O–H groups in total. The van der Waals surface area contributed by atoms with Crippen LogP contribution >= 0.6 is 12.4 Å². The summed E-state index contributed by atoms with van der Waals surface area (Å²) in [6.07, 6.45) is 3.71. The standard InChI is InChI=1S/C20H18FN5O.ClH/c1-26-11-13(12-5-3-4-6-18(12)26)16-7-8-23-20(24-16)25-17-10-15(22)14(21)9-19(17)27-2;/h3-11H,22H2,1-2H3,(H,23,24,25);1H. The van der Waals surface area contributed by atoms with E-state index in [0.717, 1.165) is 22.2 Å². The summed E-state index contributed by atoms with van der Waals surface area (Å²) in [6, 6.07) is 12.7. The Morgan fingerprint density at radius 2 is 1.96 bits per heavy atom. The number of nitrogens with zero attached hydrogens (tertiary/aromatic N) is 3. The molecule has 2 aromatic heterocycles. The molecule has 0 saturated carbocycles. The number of nitrogen functional groups attached to an aromatic ring is 1. The Morgan fingerprint density at radius 1 is 1.18 bits per heavy atom. The van der Waals surface area contributed by atoms with Gasteiger partial charge in [-0.3, -0.25) is 0 Å². The zero-order chi connectivity index (χ0) is 19.0. The molecular formula is C20H19ClFN5O. The van der Waals surface area contributed by atoms with Gasteiger partial charge in [0.05, 0.1) is 24.2 Å². The largest absolute Gasteiger partial charge is 0.494 e. The fourth-order valence-corrected chi connectivity index (χ4v) is 3.07. The first-order chi connectivity index (χ1) is 13.1. The van der Waals surface area contributed by atoms with Gasteiger partial charge in [-0.2, -0.15) is 0 Å².